The SMILES string of the molecule is O=C1Nc2ccccc2C[C@H]1CCC(=O)N1CCCC[C@H]1c1nc2ccccc2s1. The van der Waals surface area contributed by atoms with E-state index in [1.807, 2.05) is 41.3 Å². The number of benzene rings is 2. The zero-order chi connectivity index (χ0) is 20.5. The van der Waals surface area contributed by atoms with Crippen LogP contribution in [0.15, 0.2) is 48.5 Å². The van der Waals surface area contributed by atoms with Crippen molar-refractivity contribution in [3.05, 3.63) is 59.1 Å². The van der Waals surface area contributed by atoms with Gasteiger partial charge in [0.15, 0.2) is 0 Å². The van der Waals surface area contributed by atoms with Crippen molar-refractivity contribution in [2.45, 2.75) is 44.6 Å². The fraction of sp³-hybridized carbons (Fsp3) is 0.375. The maximum atomic E-state index is 13.2. The lowest BCUT2D eigenvalue weighted by Gasteiger charge is -2.35. The molecule has 0 unspecified atom stereocenters. The molecule has 0 spiro atoms. The van der Waals surface area contributed by atoms with Crippen LogP contribution in [0.1, 0.15) is 48.7 Å². The Kier molecular flexibility index (Phi) is 5.25. The maximum absolute atomic E-state index is 13.2. The Morgan fingerprint density at radius 3 is 2.87 bits per heavy atom. The van der Waals surface area contributed by atoms with E-state index in [-0.39, 0.29) is 23.8 Å². The third kappa shape index (κ3) is 3.72. The minimum atomic E-state index is -0.144. The summed E-state index contributed by atoms with van der Waals surface area (Å²) in [6, 6.07) is 16.1. The van der Waals surface area contributed by atoms with Crippen LogP contribution in [0.25, 0.3) is 10.2 Å². The van der Waals surface area contributed by atoms with Gasteiger partial charge in [0.05, 0.1) is 16.3 Å². The lowest BCUT2D eigenvalue weighted by Crippen LogP contribution is -2.39. The van der Waals surface area contributed by atoms with Crippen LogP contribution in [0.4, 0.5) is 5.69 Å². The Balaban J connectivity index is 1.28. The number of piperidine rings is 1. The summed E-state index contributed by atoms with van der Waals surface area (Å²) in [6.07, 6.45) is 4.81. The predicted molar refractivity (Wildman–Crippen MR) is 119 cm³/mol. The zero-order valence-electron chi connectivity index (χ0n) is 16.8. The van der Waals surface area contributed by atoms with E-state index in [9.17, 15) is 9.59 Å². The lowest BCUT2D eigenvalue weighted by molar-refractivity contribution is -0.135. The summed E-state index contributed by atoms with van der Waals surface area (Å²) in [5.41, 5.74) is 3.06. The lowest BCUT2D eigenvalue weighted by atomic mass is 9.89. The monoisotopic (exact) mass is 419 g/mol. The van der Waals surface area contributed by atoms with Gasteiger partial charge in [0.2, 0.25) is 11.8 Å². The van der Waals surface area contributed by atoms with Crippen LogP contribution in [0.5, 0.6) is 0 Å². The minimum Gasteiger partial charge on any atom is -0.333 e. The smallest absolute Gasteiger partial charge is 0.227 e. The standard InChI is InChI=1S/C24H25N3O2S/c28-22(13-12-17-15-16-7-1-2-8-18(16)25-23(17)29)27-14-6-5-10-20(27)24-26-19-9-3-4-11-21(19)30-24/h1-4,7-9,11,17,20H,5-6,10,12-15H2,(H,25,29)/t17-,20+/m1/s1. The maximum Gasteiger partial charge on any atom is 0.227 e. The number of carbonyl (C=O) groups is 2. The number of likely N-dealkylation sites (tertiary alicyclic amines) is 1. The van der Waals surface area contributed by atoms with Gasteiger partial charge in [-0.3, -0.25) is 9.59 Å². The number of amides is 2. The number of hydrogen-bond acceptors (Lipinski definition) is 4. The number of nitrogens with one attached hydrogen (secondary N) is 1. The van der Waals surface area contributed by atoms with Crippen LogP contribution < -0.4 is 5.32 Å². The number of aromatic nitrogens is 1. The van der Waals surface area contributed by atoms with Crippen molar-refractivity contribution in [2.24, 2.45) is 5.92 Å². The molecule has 2 aliphatic heterocycles. The number of anilines is 1. The van der Waals surface area contributed by atoms with Gasteiger partial charge in [-0.25, -0.2) is 4.98 Å². The van der Waals surface area contributed by atoms with Gasteiger partial charge in [-0.05, 0) is 55.9 Å². The van der Waals surface area contributed by atoms with Crippen molar-refractivity contribution < 1.29 is 9.59 Å². The van der Waals surface area contributed by atoms with Gasteiger partial charge in [-0.15, -0.1) is 11.3 Å². The van der Waals surface area contributed by atoms with Crippen molar-refractivity contribution >= 4 is 39.1 Å². The Bertz CT molecular complexity index is 1060. The molecule has 3 aromatic rings. The van der Waals surface area contributed by atoms with Gasteiger partial charge in [0, 0.05) is 24.6 Å². The summed E-state index contributed by atoms with van der Waals surface area (Å²) in [4.78, 5) is 32.5. The van der Waals surface area contributed by atoms with Gasteiger partial charge < -0.3 is 10.2 Å². The third-order valence-electron chi connectivity index (χ3n) is 6.24. The average Bonchev–Trinajstić information content (AvgIpc) is 3.21. The molecule has 2 aromatic carbocycles. The molecule has 154 valence electrons. The van der Waals surface area contributed by atoms with Crippen LogP contribution in [0.3, 0.4) is 0 Å². The zero-order valence-corrected chi connectivity index (χ0v) is 17.7. The van der Waals surface area contributed by atoms with E-state index in [1.165, 1.54) is 4.70 Å². The van der Waals surface area contributed by atoms with E-state index in [2.05, 4.69) is 17.4 Å². The first kappa shape index (κ1) is 19.2. The predicted octanol–water partition coefficient (Wildman–Crippen LogP) is 4.94. The number of thiazole rings is 1. The van der Waals surface area contributed by atoms with Gasteiger partial charge >= 0.3 is 0 Å². The quantitative estimate of drug-likeness (QED) is 0.651. The van der Waals surface area contributed by atoms with Crippen LogP contribution in [-0.2, 0) is 16.0 Å². The van der Waals surface area contributed by atoms with E-state index in [1.54, 1.807) is 11.3 Å². The summed E-state index contributed by atoms with van der Waals surface area (Å²) in [6.45, 7) is 0.777. The average molecular weight is 420 g/mol. The largest absolute Gasteiger partial charge is 0.333 e. The third-order valence-corrected chi connectivity index (χ3v) is 7.38. The Hall–Kier alpha value is -2.73. The molecule has 6 heteroatoms. The normalized spacial score (nSPS) is 21.3. The molecule has 5 rings (SSSR count). The van der Waals surface area contributed by atoms with E-state index < -0.39 is 0 Å². The van der Waals surface area contributed by atoms with Crippen molar-refractivity contribution in [2.75, 3.05) is 11.9 Å². The highest BCUT2D eigenvalue weighted by Crippen LogP contribution is 2.36. The summed E-state index contributed by atoms with van der Waals surface area (Å²) in [5, 5.41) is 4.03. The molecule has 0 bridgehead atoms. The molecule has 1 N–H and O–H groups in total. The first-order chi connectivity index (χ1) is 14.7. The molecule has 2 aliphatic rings. The summed E-state index contributed by atoms with van der Waals surface area (Å²) < 4.78 is 1.17. The van der Waals surface area contributed by atoms with E-state index >= 15 is 0 Å². The van der Waals surface area contributed by atoms with Crippen molar-refractivity contribution in [3.63, 3.8) is 0 Å². The topological polar surface area (TPSA) is 62.3 Å². The van der Waals surface area contributed by atoms with E-state index in [4.69, 9.17) is 4.98 Å². The van der Waals surface area contributed by atoms with Crippen LogP contribution in [-0.4, -0.2) is 28.2 Å². The number of hydrogen-bond donors (Lipinski definition) is 1. The Labute approximate surface area is 180 Å². The highest BCUT2D eigenvalue weighted by Gasteiger charge is 2.32. The van der Waals surface area contributed by atoms with E-state index in [0.717, 1.165) is 47.6 Å². The van der Waals surface area contributed by atoms with E-state index in [0.29, 0.717) is 19.3 Å². The highest BCUT2D eigenvalue weighted by atomic mass is 32.1. The van der Waals surface area contributed by atoms with Crippen LogP contribution >= 0.6 is 11.3 Å². The van der Waals surface area contributed by atoms with Crippen LogP contribution in [0, 0.1) is 5.92 Å². The van der Waals surface area contributed by atoms with Crippen molar-refractivity contribution in [3.8, 4) is 0 Å². The van der Waals surface area contributed by atoms with Gasteiger partial charge in [-0.1, -0.05) is 30.3 Å². The molecule has 2 atom stereocenters. The molecular formula is C24H25N3O2S. The molecule has 2 amide bonds. The second-order valence-corrected chi connectivity index (χ2v) is 9.27. The molecule has 1 fully saturated rings. The number of fused-ring (bicyclic) bond motifs is 2. The van der Waals surface area contributed by atoms with Crippen molar-refractivity contribution in [1.29, 1.82) is 0 Å². The van der Waals surface area contributed by atoms with Crippen LogP contribution in [0.2, 0.25) is 0 Å². The summed E-state index contributed by atoms with van der Waals surface area (Å²) in [7, 11) is 0. The van der Waals surface area contributed by atoms with Gasteiger partial charge in [0.1, 0.15) is 5.01 Å². The molecule has 0 aliphatic carbocycles. The molecule has 30 heavy (non-hydrogen) atoms. The van der Waals surface area contributed by atoms with Gasteiger partial charge in [0.25, 0.3) is 0 Å². The number of carbonyl (C=O) groups excluding carboxylic acids is 2. The molecule has 1 aromatic heterocycles. The minimum absolute atomic E-state index is 0.0304. The number of nitrogens with zero attached hydrogens (tertiary/aromatic N) is 2. The summed E-state index contributed by atoms with van der Waals surface area (Å²) in [5.74, 6) is 0.0306. The first-order valence-electron chi connectivity index (χ1n) is 10.7. The first-order valence-corrected chi connectivity index (χ1v) is 11.5. The second-order valence-electron chi connectivity index (χ2n) is 8.20. The second kappa shape index (κ2) is 8.19. The molecule has 1 saturated heterocycles. The molecule has 5 nitrogen and oxygen atoms in total. The highest BCUT2D eigenvalue weighted by molar-refractivity contribution is 7.18. The number of rotatable bonds is 4. The fourth-order valence-electron chi connectivity index (χ4n) is 4.61. The Morgan fingerprint density at radius 1 is 1.13 bits per heavy atom. The van der Waals surface area contributed by atoms with Gasteiger partial charge in [-0.2, -0.15) is 0 Å². The Morgan fingerprint density at radius 2 is 1.97 bits per heavy atom. The summed E-state index contributed by atoms with van der Waals surface area (Å²) >= 11 is 1.69. The molecular weight excluding hydrogens is 394 g/mol. The molecule has 3 heterocycles. The molecule has 0 radical (unpaired) electrons. The van der Waals surface area contributed by atoms with Crippen molar-refractivity contribution in [1.82, 2.24) is 9.88 Å². The fourth-order valence-corrected chi connectivity index (χ4v) is 5.72. The molecule has 0 saturated carbocycles. The number of para-hydroxylation sites is 2.